The molecule has 0 radical (unpaired) electrons. The van der Waals surface area contributed by atoms with E-state index in [9.17, 15) is 4.79 Å². The molecule has 0 aromatic heterocycles. The summed E-state index contributed by atoms with van der Waals surface area (Å²) in [6.45, 7) is 4.50. The minimum atomic E-state index is -0.235. The predicted octanol–water partition coefficient (Wildman–Crippen LogP) is 6.74. The van der Waals surface area contributed by atoms with Gasteiger partial charge < -0.3 is 0 Å². The van der Waals surface area contributed by atoms with Crippen molar-refractivity contribution in [2.75, 3.05) is 6.61 Å². The number of carbonyl (C=O) groups excluding carboxylic acids is 1. The SMILES string of the molecule is CCCCCCCCCCCCCCCCCC(=O)OOCC.[Zr]. The molecule has 0 aromatic carbocycles. The molecule has 0 amide bonds. The van der Waals surface area contributed by atoms with Gasteiger partial charge in [-0.15, -0.1) is 0 Å². The number of hydrogen-bond acceptors (Lipinski definition) is 3. The van der Waals surface area contributed by atoms with Crippen LogP contribution < -0.4 is 0 Å². The molecule has 142 valence electrons. The third-order valence-electron chi connectivity index (χ3n) is 4.25. The first-order valence-electron chi connectivity index (χ1n) is 10.1. The van der Waals surface area contributed by atoms with Crippen LogP contribution in [0.4, 0.5) is 0 Å². The van der Waals surface area contributed by atoms with Gasteiger partial charge in [-0.25, -0.2) is 4.79 Å². The number of hydrogen-bond donors (Lipinski definition) is 0. The molecule has 0 rings (SSSR count). The van der Waals surface area contributed by atoms with Gasteiger partial charge in [-0.1, -0.05) is 96.8 Å². The van der Waals surface area contributed by atoms with E-state index in [0.717, 1.165) is 12.8 Å². The standard InChI is InChI=1S/C20H40O3.Zr/c1-3-5-6-7-8-9-10-11-12-13-14-15-16-17-18-19-20(21)23-22-4-2;/h3-19H2,1-2H3;. The van der Waals surface area contributed by atoms with E-state index in [1.165, 1.54) is 83.5 Å². The first kappa shape index (κ1) is 26.5. The van der Waals surface area contributed by atoms with Crippen molar-refractivity contribution in [3.8, 4) is 0 Å². The van der Waals surface area contributed by atoms with Crippen molar-refractivity contribution in [2.45, 2.75) is 117 Å². The third-order valence-corrected chi connectivity index (χ3v) is 4.25. The van der Waals surface area contributed by atoms with Gasteiger partial charge >= 0.3 is 5.97 Å². The van der Waals surface area contributed by atoms with E-state index in [2.05, 4.69) is 16.7 Å². The average Bonchev–Trinajstić information content (AvgIpc) is 2.56. The summed E-state index contributed by atoms with van der Waals surface area (Å²) in [5.41, 5.74) is 0. The van der Waals surface area contributed by atoms with Crippen LogP contribution in [0, 0.1) is 0 Å². The van der Waals surface area contributed by atoms with Crippen molar-refractivity contribution in [1.29, 1.82) is 0 Å². The van der Waals surface area contributed by atoms with Crippen molar-refractivity contribution in [2.24, 2.45) is 0 Å². The third kappa shape index (κ3) is 22.3. The summed E-state index contributed by atoms with van der Waals surface area (Å²) >= 11 is 0. The summed E-state index contributed by atoms with van der Waals surface area (Å²) in [6, 6.07) is 0. The van der Waals surface area contributed by atoms with Gasteiger partial charge in [0, 0.05) is 32.6 Å². The predicted molar refractivity (Wildman–Crippen MR) is 97.3 cm³/mol. The minimum Gasteiger partial charge on any atom is -0.298 e. The smallest absolute Gasteiger partial charge is 0.298 e. The molecule has 0 fully saturated rings. The van der Waals surface area contributed by atoms with Crippen LogP contribution in [0.3, 0.4) is 0 Å². The molecule has 0 saturated heterocycles. The zero-order chi connectivity index (χ0) is 17.0. The van der Waals surface area contributed by atoms with Gasteiger partial charge in [0.2, 0.25) is 0 Å². The van der Waals surface area contributed by atoms with E-state index in [0.29, 0.717) is 13.0 Å². The molecule has 0 unspecified atom stereocenters. The first-order chi connectivity index (χ1) is 11.3. The zero-order valence-corrected chi connectivity index (χ0v) is 18.7. The van der Waals surface area contributed by atoms with Crippen LogP contribution in [-0.2, 0) is 40.8 Å². The largest absolute Gasteiger partial charge is 0.342 e. The van der Waals surface area contributed by atoms with Crippen LogP contribution in [0.25, 0.3) is 0 Å². The molecule has 0 bridgehead atoms. The summed E-state index contributed by atoms with van der Waals surface area (Å²) in [4.78, 5) is 20.4. The van der Waals surface area contributed by atoms with Crippen LogP contribution in [-0.4, -0.2) is 12.6 Å². The summed E-state index contributed by atoms with van der Waals surface area (Å²) in [7, 11) is 0. The van der Waals surface area contributed by atoms with E-state index < -0.39 is 0 Å². The van der Waals surface area contributed by atoms with Gasteiger partial charge in [0.15, 0.2) is 0 Å². The minimum absolute atomic E-state index is 0. The number of rotatable bonds is 18. The van der Waals surface area contributed by atoms with Gasteiger partial charge in [0.25, 0.3) is 0 Å². The van der Waals surface area contributed by atoms with Gasteiger partial charge in [0.1, 0.15) is 0 Å². The van der Waals surface area contributed by atoms with E-state index in [1.54, 1.807) is 6.92 Å². The van der Waals surface area contributed by atoms with Crippen molar-refractivity contribution >= 4 is 5.97 Å². The molecule has 0 aromatic rings. The summed E-state index contributed by atoms with van der Waals surface area (Å²) in [6.07, 6.45) is 20.5. The normalized spacial score (nSPS) is 10.4. The fourth-order valence-corrected chi connectivity index (χ4v) is 2.81. The Morgan fingerprint density at radius 2 is 1.00 bits per heavy atom. The van der Waals surface area contributed by atoms with Gasteiger partial charge in [-0.05, 0) is 13.3 Å². The monoisotopic (exact) mass is 418 g/mol. The van der Waals surface area contributed by atoms with Crippen LogP contribution >= 0.6 is 0 Å². The Labute approximate surface area is 169 Å². The topological polar surface area (TPSA) is 35.5 Å². The Morgan fingerprint density at radius 3 is 1.38 bits per heavy atom. The first-order valence-corrected chi connectivity index (χ1v) is 10.1. The molecule has 0 heterocycles. The summed E-state index contributed by atoms with van der Waals surface area (Å²) < 4.78 is 0. The molecular weight excluding hydrogens is 379 g/mol. The Kier molecular flexibility index (Phi) is 25.8. The maximum Gasteiger partial charge on any atom is 0.342 e. The van der Waals surface area contributed by atoms with Crippen LogP contribution in [0.1, 0.15) is 117 Å². The Hall–Kier alpha value is 0.313. The maximum absolute atomic E-state index is 11.2. The molecule has 24 heavy (non-hydrogen) atoms. The van der Waals surface area contributed by atoms with E-state index in [-0.39, 0.29) is 32.2 Å². The van der Waals surface area contributed by atoms with Crippen molar-refractivity contribution < 1.29 is 40.8 Å². The Balaban J connectivity index is 0. The van der Waals surface area contributed by atoms with Crippen LogP contribution in [0.2, 0.25) is 0 Å². The quantitative estimate of drug-likeness (QED) is 0.140. The molecule has 0 spiro atoms. The molecule has 4 heteroatoms. The van der Waals surface area contributed by atoms with E-state index >= 15 is 0 Å². The molecule has 3 nitrogen and oxygen atoms in total. The van der Waals surface area contributed by atoms with Gasteiger partial charge in [-0.2, -0.15) is 4.89 Å². The zero-order valence-electron chi connectivity index (χ0n) is 16.2. The van der Waals surface area contributed by atoms with Crippen LogP contribution in [0.5, 0.6) is 0 Å². The second-order valence-corrected chi connectivity index (χ2v) is 6.56. The molecular formula is C20H40O3Zr. The molecule has 0 saturated carbocycles. The Morgan fingerprint density at radius 1 is 0.625 bits per heavy atom. The molecule has 0 aliphatic rings. The maximum atomic E-state index is 11.2. The molecule has 0 aliphatic heterocycles. The molecule has 0 N–H and O–H groups in total. The Bertz CT molecular complexity index is 247. The van der Waals surface area contributed by atoms with E-state index in [4.69, 9.17) is 0 Å². The molecule has 0 atom stereocenters. The number of carbonyl (C=O) groups is 1. The van der Waals surface area contributed by atoms with Gasteiger partial charge in [-0.3, -0.25) is 4.89 Å². The van der Waals surface area contributed by atoms with Crippen LogP contribution in [0.15, 0.2) is 0 Å². The number of unbranched alkanes of at least 4 members (excludes halogenated alkanes) is 14. The average molecular weight is 420 g/mol. The van der Waals surface area contributed by atoms with Crippen molar-refractivity contribution in [3.05, 3.63) is 0 Å². The van der Waals surface area contributed by atoms with Crippen molar-refractivity contribution in [3.63, 3.8) is 0 Å². The fourth-order valence-electron chi connectivity index (χ4n) is 2.81. The van der Waals surface area contributed by atoms with Gasteiger partial charge in [0.05, 0.1) is 6.61 Å². The second kappa shape index (κ2) is 23.3. The summed E-state index contributed by atoms with van der Waals surface area (Å²) in [5, 5.41) is 0. The fraction of sp³-hybridized carbons (Fsp3) is 0.950. The summed E-state index contributed by atoms with van der Waals surface area (Å²) in [5.74, 6) is -0.235. The second-order valence-electron chi connectivity index (χ2n) is 6.56. The molecule has 0 aliphatic carbocycles. The van der Waals surface area contributed by atoms with E-state index in [1.807, 2.05) is 0 Å². The van der Waals surface area contributed by atoms with Crippen molar-refractivity contribution in [1.82, 2.24) is 0 Å².